The van der Waals surface area contributed by atoms with Gasteiger partial charge >= 0.3 is 0 Å². The lowest BCUT2D eigenvalue weighted by Gasteiger charge is -2.13. The van der Waals surface area contributed by atoms with Crippen LogP contribution in [-0.4, -0.2) is 145 Å². The lowest BCUT2D eigenvalue weighted by molar-refractivity contribution is 0.0331. The molecule has 72 heavy (non-hydrogen) atoms. The number of hydrogen-bond acceptors (Lipinski definition) is 22. The van der Waals surface area contributed by atoms with Crippen LogP contribution in [0.2, 0.25) is 0 Å². The Labute approximate surface area is 416 Å². The molecule has 2 aromatic heterocycles. The first-order valence-corrected chi connectivity index (χ1v) is 25.4. The van der Waals surface area contributed by atoms with Gasteiger partial charge in [0.25, 0.3) is 20.2 Å². The molecule has 0 amide bonds. The van der Waals surface area contributed by atoms with Gasteiger partial charge in [0.1, 0.15) is 9.79 Å². The van der Waals surface area contributed by atoms with Crippen molar-refractivity contribution in [1.29, 1.82) is 0 Å². The Bertz CT molecular complexity index is 2700. The molecule has 0 radical (unpaired) electrons. The summed E-state index contributed by atoms with van der Waals surface area (Å²) in [4.78, 5) is 25.6. The summed E-state index contributed by atoms with van der Waals surface area (Å²) in [6.45, 7) is 3.47. The van der Waals surface area contributed by atoms with Crippen molar-refractivity contribution in [3.05, 3.63) is 108 Å². The van der Waals surface area contributed by atoms with Gasteiger partial charge in [-0.3, -0.25) is 9.11 Å². The van der Waals surface area contributed by atoms with Crippen molar-refractivity contribution in [2.45, 2.75) is 22.6 Å². The highest BCUT2D eigenvalue weighted by atomic mass is 32.2. The maximum atomic E-state index is 12.8. The van der Waals surface area contributed by atoms with E-state index in [0.717, 1.165) is 12.1 Å². The SMILES string of the molecule is O=S(=O)(O)c1cc(Nc2nc(NCCCOCCOCCO)nc(Nc3ccccc3)n2)ccc1C=Cc1ccc(Nc2nc(NCCCOCCOCCO)nc(Nc3ccccc3)n2)cc1S(=O)(=O)O. The third-order valence-electron chi connectivity index (χ3n) is 9.58. The summed E-state index contributed by atoms with van der Waals surface area (Å²) in [5.74, 6) is 0.744. The van der Waals surface area contributed by atoms with E-state index in [1.54, 1.807) is 0 Å². The number of anilines is 10. The summed E-state index contributed by atoms with van der Waals surface area (Å²) >= 11 is 0. The van der Waals surface area contributed by atoms with Crippen LogP contribution >= 0.6 is 0 Å². The second kappa shape index (κ2) is 28.2. The van der Waals surface area contributed by atoms with Gasteiger partial charge in [-0.15, -0.1) is 0 Å². The van der Waals surface area contributed by atoms with E-state index in [4.69, 9.17) is 29.2 Å². The highest BCUT2D eigenvalue weighted by molar-refractivity contribution is 7.86. The van der Waals surface area contributed by atoms with E-state index in [1.165, 1.54) is 36.4 Å². The molecule has 26 heteroatoms. The first-order chi connectivity index (χ1) is 34.9. The molecule has 0 saturated carbocycles. The molecule has 0 atom stereocenters. The quantitative estimate of drug-likeness (QED) is 0.0145. The van der Waals surface area contributed by atoms with Gasteiger partial charge in [-0.25, -0.2) is 0 Å². The molecular weight excluding hydrogens is 977 g/mol. The zero-order valence-electron chi connectivity index (χ0n) is 38.8. The van der Waals surface area contributed by atoms with E-state index in [9.17, 15) is 25.9 Å². The van der Waals surface area contributed by atoms with Gasteiger partial charge in [0.05, 0.1) is 52.9 Å². The number of aliphatic hydroxyl groups excluding tert-OH is 2. The predicted octanol–water partition coefficient (Wildman–Crippen LogP) is 5.35. The first kappa shape index (κ1) is 54.4. The van der Waals surface area contributed by atoms with Gasteiger partial charge in [0, 0.05) is 49.1 Å². The average Bonchev–Trinajstić information content (AvgIpc) is 3.35. The molecule has 4 aromatic carbocycles. The molecule has 0 spiro atoms. The number of rotatable bonds is 32. The van der Waals surface area contributed by atoms with Crippen LogP contribution in [0.1, 0.15) is 24.0 Å². The lowest BCUT2D eigenvalue weighted by atomic mass is 10.1. The normalized spacial score (nSPS) is 11.7. The first-order valence-electron chi connectivity index (χ1n) is 22.5. The summed E-state index contributed by atoms with van der Waals surface area (Å²) in [7, 11) is -9.76. The fourth-order valence-corrected chi connectivity index (χ4v) is 7.76. The van der Waals surface area contributed by atoms with Crippen LogP contribution in [0.15, 0.2) is 107 Å². The van der Waals surface area contributed by atoms with Gasteiger partial charge in [-0.1, -0.05) is 60.7 Å². The number of aliphatic hydroxyl groups is 2. The molecule has 24 nitrogen and oxygen atoms in total. The zero-order valence-corrected chi connectivity index (χ0v) is 40.5. The summed E-state index contributed by atoms with van der Waals surface area (Å²) in [6.07, 6.45) is 3.72. The Morgan fingerprint density at radius 3 is 1.10 bits per heavy atom. The van der Waals surface area contributed by atoms with Crippen molar-refractivity contribution in [2.24, 2.45) is 0 Å². The van der Waals surface area contributed by atoms with Gasteiger partial charge < -0.3 is 61.1 Å². The van der Waals surface area contributed by atoms with Gasteiger partial charge in [-0.05, 0) is 72.5 Å². The molecule has 0 fully saturated rings. The third-order valence-corrected chi connectivity index (χ3v) is 11.4. The van der Waals surface area contributed by atoms with Crippen molar-refractivity contribution in [2.75, 3.05) is 111 Å². The Balaban J connectivity index is 1.18. The number of aromatic nitrogens is 6. The summed E-state index contributed by atoms with van der Waals surface area (Å²) in [5.41, 5.74) is 1.65. The molecule has 6 aromatic rings. The second-order valence-corrected chi connectivity index (χ2v) is 17.9. The molecular formula is C46H56N12O12S2. The van der Waals surface area contributed by atoms with Gasteiger partial charge in [-0.2, -0.15) is 46.7 Å². The average molecular weight is 1030 g/mol. The summed E-state index contributed by atoms with van der Waals surface area (Å²) in [5, 5.41) is 36.0. The Hall–Kier alpha value is -6.98. The van der Waals surface area contributed by atoms with Crippen LogP contribution in [0.3, 0.4) is 0 Å². The van der Waals surface area contributed by atoms with Crippen LogP contribution in [0, 0.1) is 0 Å². The maximum absolute atomic E-state index is 12.8. The van der Waals surface area contributed by atoms with Crippen LogP contribution in [0.5, 0.6) is 0 Å². The minimum atomic E-state index is -4.88. The van der Waals surface area contributed by atoms with E-state index >= 15 is 0 Å². The molecule has 2 heterocycles. The number of hydrogen-bond donors (Lipinski definition) is 10. The second-order valence-electron chi connectivity index (χ2n) is 15.1. The van der Waals surface area contributed by atoms with Crippen LogP contribution in [0.25, 0.3) is 12.2 Å². The van der Waals surface area contributed by atoms with Gasteiger partial charge in [0.2, 0.25) is 35.7 Å². The van der Waals surface area contributed by atoms with Crippen LogP contribution in [0.4, 0.5) is 58.4 Å². The number of benzene rings is 4. The molecule has 6 rings (SSSR count). The highest BCUT2D eigenvalue weighted by Gasteiger charge is 2.19. The van der Waals surface area contributed by atoms with Crippen molar-refractivity contribution in [1.82, 2.24) is 29.9 Å². The fourth-order valence-electron chi connectivity index (χ4n) is 6.34. The predicted molar refractivity (Wildman–Crippen MR) is 271 cm³/mol. The van der Waals surface area contributed by atoms with Crippen LogP contribution < -0.4 is 31.9 Å². The largest absolute Gasteiger partial charge is 0.394 e. The lowest BCUT2D eigenvalue weighted by Crippen LogP contribution is -2.13. The monoisotopic (exact) mass is 1030 g/mol. The van der Waals surface area contributed by atoms with Crippen molar-refractivity contribution >= 4 is 90.8 Å². The minimum absolute atomic E-state index is 0.0202. The highest BCUT2D eigenvalue weighted by Crippen LogP contribution is 2.29. The van der Waals surface area contributed by atoms with Crippen molar-refractivity contribution < 1.29 is 55.1 Å². The molecule has 0 bridgehead atoms. The van der Waals surface area contributed by atoms with Crippen molar-refractivity contribution in [3.63, 3.8) is 0 Å². The number of ether oxygens (including phenoxy) is 4. The molecule has 0 unspecified atom stereocenters. The Morgan fingerprint density at radius 2 is 0.750 bits per heavy atom. The molecule has 10 N–H and O–H groups in total. The summed E-state index contributed by atoms with van der Waals surface area (Å²) in [6, 6.07) is 26.3. The number of nitrogens with one attached hydrogen (secondary N) is 6. The summed E-state index contributed by atoms with van der Waals surface area (Å²) < 4.78 is 93.4. The van der Waals surface area contributed by atoms with E-state index < -0.39 is 30.0 Å². The van der Waals surface area contributed by atoms with Crippen LogP contribution in [-0.2, 0) is 39.2 Å². The van der Waals surface area contributed by atoms with Crippen molar-refractivity contribution in [3.8, 4) is 0 Å². The zero-order chi connectivity index (χ0) is 51.0. The number of para-hydroxylation sites is 2. The van der Waals surface area contributed by atoms with E-state index in [0.29, 0.717) is 76.9 Å². The fraction of sp³-hybridized carbons (Fsp3) is 0.304. The van der Waals surface area contributed by atoms with E-state index in [1.807, 2.05) is 60.7 Å². The smallest absolute Gasteiger partial charge is 0.295 e. The molecule has 0 saturated heterocycles. The standard InChI is InChI=1S/C46H56N12O12S2/c59-21-25-69-29-27-67-23-7-19-47-41-53-43(49-35-9-3-1-4-10-35)57-45(55-41)51-37-17-15-33(39(31-37)71(61,62)63)13-14-34-16-18-38(32-40(34)72(64,65)66)52-46-56-42(48-20-8-24-68-28-30-70-26-22-60)54-44(58-46)50-36-11-5-2-6-12-36/h1-6,9-18,31-32,59-60H,7-8,19-30H2,(H,61,62,63)(H,64,65,66)(H3,47,49,51,53,55,57)(H3,48,50,52,54,56,58). The Morgan fingerprint density at radius 1 is 0.417 bits per heavy atom. The minimum Gasteiger partial charge on any atom is -0.394 e. The maximum Gasteiger partial charge on any atom is 0.295 e. The Kier molecular flexibility index (Phi) is 21.3. The molecule has 384 valence electrons. The van der Waals surface area contributed by atoms with E-state index in [-0.39, 0.29) is 84.6 Å². The molecule has 0 aliphatic heterocycles. The van der Waals surface area contributed by atoms with E-state index in [2.05, 4.69) is 61.8 Å². The third kappa shape index (κ3) is 18.6. The molecule has 0 aliphatic carbocycles. The molecule has 0 aliphatic rings. The number of nitrogens with zero attached hydrogens (tertiary/aromatic N) is 6. The topological polar surface area (TPSA) is 336 Å². The van der Waals surface area contributed by atoms with Gasteiger partial charge in [0.15, 0.2) is 0 Å².